The average molecular weight is 285 g/mol. The molecule has 0 aliphatic heterocycles. The zero-order valence-corrected chi connectivity index (χ0v) is 12.6. The van der Waals surface area contributed by atoms with E-state index in [1.54, 1.807) is 0 Å². The zero-order valence-electron chi connectivity index (χ0n) is 12.6. The van der Waals surface area contributed by atoms with Crippen LogP contribution in [0.25, 0.3) is 0 Å². The maximum atomic E-state index is 5.69. The SMILES string of the molecule is CC(C)Oc1ccc(C(CCc2ccccn2)NN)cc1. The topological polar surface area (TPSA) is 60.2 Å². The Hall–Kier alpha value is -1.91. The Bertz CT molecular complexity index is 525. The molecule has 21 heavy (non-hydrogen) atoms. The zero-order chi connectivity index (χ0) is 15.1. The molecule has 4 heteroatoms. The highest BCUT2D eigenvalue weighted by Gasteiger charge is 2.10. The minimum atomic E-state index is 0.111. The molecule has 0 saturated heterocycles. The van der Waals surface area contributed by atoms with Gasteiger partial charge in [0.1, 0.15) is 5.75 Å². The molecular weight excluding hydrogens is 262 g/mol. The van der Waals surface area contributed by atoms with E-state index in [1.807, 2.05) is 50.4 Å². The van der Waals surface area contributed by atoms with Crippen LogP contribution in [-0.4, -0.2) is 11.1 Å². The average Bonchev–Trinajstić information content (AvgIpc) is 2.50. The van der Waals surface area contributed by atoms with E-state index in [9.17, 15) is 0 Å². The van der Waals surface area contributed by atoms with E-state index in [1.165, 1.54) is 0 Å². The minimum absolute atomic E-state index is 0.111. The molecule has 3 N–H and O–H groups in total. The van der Waals surface area contributed by atoms with Gasteiger partial charge in [0.25, 0.3) is 0 Å². The van der Waals surface area contributed by atoms with Crippen LogP contribution < -0.4 is 16.0 Å². The third kappa shape index (κ3) is 4.85. The Kier molecular flexibility index (Phi) is 5.72. The number of nitrogens with zero attached hydrogens (tertiary/aromatic N) is 1. The van der Waals surface area contributed by atoms with Crippen molar-refractivity contribution in [2.45, 2.75) is 38.8 Å². The first-order valence-corrected chi connectivity index (χ1v) is 7.31. The maximum Gasteiger partial charge on any atom is 0.119 e. The standard InChI is InChI=1S/C17H23N3O/c1-13(2)21-16-9-6-14(7-10-16)17(20-18)11-8-15-5-3-4-12-19-15/h3-7,9-10,12-13,17,20H,8,11,18H2,1-2H3. The van der Waals surface area contributed by atoms with Crippen molar-refractivity contribution in [1.82, 2.24) is 10.4 Å². The van der Waals surface area contributed by atoms with Gasteiger partial charge in [-0.25, -0.2) is 0 Å². The molecule has 1 aromatic heterocycles. The van der Waals surface area contributed by atoms with Crippen molar-refractivity contribution in [3.63, 3.8) is 0 Å². The van der Waals surface area contributed by atoms with Crippen LogP contribution in [0.5, 0.6) is 5.75 Å². The van der Waals surface area contributed by atoms with Crippen molar-refractivity contribution in [3.8, 4) is 5.75 Å². The molecule has 1 unspecified atom stereocenters. The maximum absolute atomic E-state index is 5.69. The van der Waals surface area contributed by atoms with E-state index in [2.05, 4.69) is 22.5 Å². The van der Waals surface area contributed by atoms with E-state index >= 15 is 0 Å². The summed E-state index contributed by atoms with van der Waals surface area (Å²) in [4.78, 5) is 4.34. The number of ether oxygens (including phenoxy) is 1. The Morgan fingerprint density at radius 2 is 1.90 bits per heavy atom. The summed E-state index contributed by atoms with van der Waals surface area (Å²) in [5, 5.41) is 0. The molecule has 0 radical (unpaired) electrons. The van der Waals surface area contributed by atoms with Crippen LogP contribution in [0.15, 0.2) is 48.7 Å². The van der Waals surface area contributed by atoms with Gasteiger partial charge in [-0.2, -0.15) is 0 Å². The van der Waals surface area contributed by atoms with Gasteiger partial charge in [0.2, 0.25) is 0 Å². The molecular formula is C17H23N3O. The first-order valence-electron chi connectivity index (χ1n) is 7.31. The molecule has 1 atom stereocenters. The molecule has 0 amide bonds. The van der Waals surface area contributed by atoms with Gasteiger partial charge in [-0.15, -0.1) is 0 Å². The highest BCUT2D eigenvalue weighted by molar-refractivity contribution is 5.29. The second-order valence-corrected chi connectivity index (χ2v) is 5.31. The molecule has 0 bridgehead atoms. The Labute approximate surface area is 126 Å². The van der Waals surface area contributed by atoms with Gasteiger partial charge in [-0.1, -0.05) is 18.2 Å². The van der Waals surface area contributed by atoms with Gasteiger partial charge < -0.3 is 4.74 Å². The first-order chi connectivity index (χ1) is 10.2. The van der Waals surface area contributed by atoms with Crippen molar-refractivity contribution < 1.29 is 4.74 Å². The molecule has 0 fully saturated rings. The van der Waals surface area contributed by atoms with Crippen LogP contribution in [0.2, 0.25) is 0 Å². The van der Waals surface area contributed by atoms with Gasteiger partial charge in [0.05, 0.1) is 6.10 Å². The quantitative estimate of drug-likeness (QED) is 0.606. The fourth-order valence-electron chi connectivity index (χ4n) is 2.24. The summed E-state index contributed by atoms with van der Waals surface area (Å²) in [6, 6.07) is 14.2. The van der Waals surface area contributed by atoms with Gasteiger partial charge in [0, 0.05) is 17.9 Å². The number of pyridine rings is 1. The molecule has 2 aromatic rings. The molecule has 112 valence electrons. The van der Waals surface area contributed by atoms with Crippen LogP contribution in [0.4, 0.5) is 0 Å². The molecule has 0 spiro atoms. The number of nitrogens with one attached hydrogen (secondary N) is 1. The largest absolute Gasteiger partial charge is 0.491 e. The summed E-state index contributed by atoms with van der Waals surface area (Å²) >= 11 is 0. The van der Waals surface area contributed by atoms with Crippen molar-refractivity contribution >= 4 is 0 Å². The Balaban J connectivity index is 1.97. The fourth-order valence-corrected chi connectivity index (χ4v) is 2.24. The predicted molar refractivity (Wildman–Crippen MR) is 84.8 cm³/mol. The second-order valence-electron chi connectivity index (χ2n) is 5.31. The molecule has 0 saturated carbocycles. The lowest BCUT2D eigenvalue weighted by molar-refractivity contribution is 0.242. The van der Waals surface area contributed by atoms with Crippen LogP contribution in [-0.2, 0) is 6.42 Å². The number of aryl methyl sites for hydroxylation is 1. The van der Waals surface area contributed by atoms with Gasteiger partial charge >= 0.3 is 0 Å². The molecule has 1 heterocycles. The number of hydrogen-bond donors (Lipinski definition) is 2. The van der Waals surface area contributed by atoms with Gasteiger partial charge in [-0.05, 0) is 56.5 Å². The van der Waals surface area contributed by atoms with Crippen LogP contribution in [0.1, 0.15) is 37.6 Å². The molecule has 0 aliphatic carbocycles. The summed E-state index contributed by atoms with van der Waals surface area (Å²) in [6.45, 7) is 4.04. The van der Waals surface area contributed by atoms with Crippen molar-refractivity contribution in [2.24, 2.45) is 5.84 Å². The monoisotopic (exact) mass is 285 g/mol. The van der Waals surface area contributed by atoms with E-state index in [-0.39, 0.29) is 12.1 Å². The fraction of sp³-hybridized carbons (Fsp3) is 0.353. The van der Waals surface area contributed by atoms with Crippen molar-refractivity contribution in [1.29, 1.82) is 0 Å². The number of benzene rings is 1. The second kappa shape index (κ2) is 7.76. The van der Waals surface area contributed by atoms with Crippen molar-refractivity contribution in [3.05, 3.63) is 59.9 Å². The van der Waals surface area contributed by atoms with Gasteiger partial charge in [-0.3, -0.25) is 16.3 Å². The van der Waals surface area contributed by atoms with E-state index in [4.69, 9.17) is 10.6 Å². The first kappa shape index (κ1) is 15.5. The third-order valence-electron chi connectivity index (χ3n) is 3.27. The van der Waals surface area contributed by atoms with Crippen LogP contribution in [0, 0.1) is 0 Å². The highest BCUT2D eigenvalue weighted by atomic mass is 16.5. The minimum Gasteiger partial charge on any atom is -0.491 e. The van der Waals surface area contributed by atoms with Crippen LogP contribution in [0.3, 0.4) is 0 Å². The van der Waals surface area contributed by atoms with E-state index in [0.29, 0.717) is 0 Å². The summed E-state index contributed by atoms with van der Waals surface area (Å²) in [6.07, 6.45) is 3.79. The molecule has 4 nitrogen and oxygen atoms in total. The lowest BCUT2D eigenvalue weighted by Gasteiger charge is -2.17. The molecule has 0 aliphatic rings. The molecule has 2 rings (SSSR count). The Morgan fingerprint density at radius 3 is 2.48 bits per heavy atom. The summed E-state index contributed by atoms with van der Waals surface area (Å²) in [7, 11) is 0. The van der Waals surface area contributed by atoms with Crippen molar-refractivity contribution in [2.75, 3.05) is 0 Å². The number of hydrogen-bond acceptors (Lipinski definition) is 4. The summed E-state index contributed by atoms with van der Waals surface area (Å²) in [5.74, 6) is 6.57. The number of hydrazine groups is 1. The third-order valence-corrected chi connectivity index (χ3v) is 3.27. The van der Waals surface area contributed by atoms with Gasteiger partial charge in [0.15, 0.2) is 0 Å². The molecule has 1 aromatic carbocycles. The smallest absolute Gasteiger partial charge is 0.119 e. The highest BCUT2D eigenvalue weighted by Crippen LogP contribution is 2.21. The predicted octanol–water partition coefficient (Wildman–Crippen LogP) is 3.01. The normalized spacial score (nSPS) is 12.4. The Morgan fingerprint density at radius 1 is 1.14 bits per heavy atom. The summed E-state index contributed by atoms with van der Waals surface area (Å²) < 4.78 is 5.65. The number of rotatable bonds is 7. The lowest BCUT2D eigenvalue weighted by Crippen LogP contribution is -2.28. The van der Waals surface area contributed by atoms with E-state index < -0.39 is 0 Å². The number of nitrogens with two attached hydrogens (primary N) is 1. The lowest BCUT2D eigenvalue weighted by atomic mass is 10.0. The summed E-state index contributed by atoms with van der Waals surface area (Å²) in [5.41, 5.74) is 5.12. The number of aromatic nitrogens is 1. The van der Waals surface area contributed by atoms with E-state index in [0.717, 1.165) is 29.8 Å². The van der Waals surface area contributed by atoms with Crippen LogP contribution >= 0.6 is 0 Å².